The van der Waals surface area contributed by atoms with Gasteiger partial charge in [0.25, 0.3) is 0 Å². The zero-order chi connectivity index (χ0) is 30.4. The van der Waals surface area contributed by atoms with Crippen LogP contribution in [-0.4, -0.2) is 154 Å². The van der Waals surface area contributed by atoms with Crippen LogP contribution in [0, 0.1) is 0 Å². The van der Waals surface area contributed by atoms with Crippen molar-refractivity contribution in [2.24, 2.45) is 0 Å². The summed E-state index contributed by atoms with van der Waals surface area (Å²) in [4.78, 5) is 24.3. The quantitative estimate of drug-likeness (QED) is 0.123. The van der Waals surface area contributed by atoms with Crippen molar-refractivity contribution in [2.75, 3.05) is 33.0 Å². The molecule has 3 aliphatic rings. The molecule has 42 heavy (non-hydrogen) atoms. The number of rotatable bonds is 11. The lowest BCUT2D eigenvalue weighted by Crippen LogP contribution is -2.63. The van der Waals surface area contributed by atoms with Gasteiger partial charge in [-0.3, -0.25) is 0 Å². The van der Waals surface area contributed by atoms with Crippen molar-refractivity contribution in [1.82, 2.24) is 0 Å². The van der Waals surface area contributed by atoms with Crippen molar-refractivity contribution in [2.45, 2.75) is 80.0 Å². The van der Waals surface area contributed by atoms with Crippen molar-refractivity contribution in [3.63, 3.8) is 0 Å². The normalized spacial score (nSPS) is 39.0. The van der Waals surface area contributed by atoms with E-state index in [2.05, 4.69) is 0 Å². The molecule has 7 N–H and O–H groups in total. The molecule has 12 atom stereocenters. The Bertz CT molecular complexity index is 1010. The molecule has 1 aromatic carbocycles. The summed E-state index contributed by atoms with van der Waals surface area (Å²) in [5.74, 6) is -2.24. The second-order valence-electron chi connectivity index (χ2n) is 10.0. The monoisotopic (exact) mass is 604 g/mol. The molecule has 4 rings (SSSR count). The first-order valence-corrected chi connectivity index (χ1v) is 13.4. The number of carboxylic acids is 1. The molecule has 3 saturated heterocycles. The molecule has 236 valence electrons. The standard InChI is InChI=1S/C26H36O16/c27-8-15-19(33)22(37-11-17(30)31)23(41-24(35)12-4-2-1-3-5-12)26(40-15)39-14-6-7-36-16(9-28)21(14)42-25-20(34)18(32)13(29)10-38-25/h1-5,13-16,18-23,25-29,32-34H,6-11H2,(H,30,31)/t13-,14-,15-,16-,18-,19+,20+,21+,22+,23-,25+,26-/m1/s1. The third-order valence-corrected chi connectivity index (χ3v) is 7.15. The zero-order valence-electron chi connectivity index (χ0n) is 22.4. The van der Waals surface area contributed by atoms with E-state index in [1.807, 2.05) is 0 Å². The maximum atomic E-state index is 13.0. The van der Waals surface area contributed by atoms with Gasteiger partial charge in [-0.15, -0.1) is 0 Å². The van der Waals surface area contributed by atoms with Gasteiger partial charge in [0.05, 0.1) is 31.5 Å². The topological polar surface area (TPSA) is 240 Å². The SMILES string of the molecule is O=C(O)CO[C@H]1[C@@H](O)[C@@H](CO)O[C@@H](O[C@@H]2CCO[C@H](CO)[C@H]2O[C@@H]2OC[C@@H](O)[C@@H](O)[C@@H]2O)[C@@H]1OC(=O)c1ccccc1. The first-order valence-electron chi connectivity index (χ1n) is 13.4. The summed E-state index contributed by atoms with van der Waals surface area (Å²) in [6.07, 6.45) is -16.7. The summed E-state index contributed by atoms with van der Waals surface area (Å²) >= 11 is 0. The first kappa shape index (κ1) is 32.6. The second kappa shape index (κ2) is 14.9. The van der Waals surface area contributed by atoms with E-state index in [9.17, 15) is 45.3 Å². The lowest BCUT2D eigenvalue weighted by molar-refractivity contribution is -0.348. The van der Waals surface area contributed by atoms with Gasteiger partial charge >= 0.3 is 11.9 Å². The molecule has 3 heterocycles. The molecular weight excluding hydrogens is 568 g/mol. The van der Waals surface area contributed by atoms with Gasteiger partial charge in [-0.2, -0.15) is 0 Å². The summed E-state index contributed by atoms with van der Waals surface area (Å²) in [6, 6.07) is 7.80. The molecule has 16 nitrogen and oxygen atoms in total. The van der Waals surface area contributed by atoms with E-state index in [0.717, 1.165) is 0 Å². The van der Waals surface area contributed by atoms with Crippen molar-refractivity contribution in [3.8, 4) is 0 Å². The number of carbonyl (C=O) groups is 2. The lowest BCUT2D eigenvalue weighted by Gasteiger charge is -2.46. The molecule has 0 unspecified atom stereocenters. The van der Waals surface area contributed by atoms with Gasteiger partial charge in [-0.05, 0) is 18.6 Å². The Balaban J connectivity index is 1.60. The molecule has 0 saturated carbocycles. The number of aliphatic hydroxyl groups excluding tert-OH is 6. The van der Waals surface area contributed by atoms with E-state index in [1.54, 1.807) is 18.2 Å². The van der Waals surface area contributed by atoms with Crippen molar-refractivity contribution < 1.29 is 78.5 Å². The van der Waals surface area contributed by atoms with Crippen LogP contribution in [0.25, 0.3) is 0 Å². The molecule has 0 aliphatic carbocycles. The van der Waals surface area contributed by atoms with E-state index < -0.39 is 105 Å². The van der Waals surface area contributed by atoms with E-state index in [4.69, 9.17) is 33.2 Å². The Kier molecular flexibility index (Phi) is 11.6. The van der Waals surface area contributed by atoms with Crippen LogP contribution in [0.5, 0.6) is 0 Å². The van der Waals surface area contributed by atoms with Gasteiger partial charge in [0, 0.05) is 6.61 Å². The van der Waals surface area contributed by atoms with Crippen molar-refractivity contribution >= 4 is 11.9 Å². The van der Waals surface area contributed by atoms with Crippen LogP contribution in [0.2, 0.25) is 0 Å². The van der Waals surface area contributed by atoms with Crippen LogP contribution in [0.15, 0.2) is 30.3 Å². The number of benzene rings is 1. The smallest absolute Gasteiger partial charge is 0.338 e. The Morgan fingerprint density at radius 2 is 1.55 bits per heavy atom. The first-order chi connectivity index (χ1) is 20.1. The van der Waals surface area contributed by atoms with Gasteiger partial charge in [-0.1, -0.05) is 18.2 Å². The summed E-state index contributed by atoms with van der Waals surface area (Å²) in [6.45, 7) is -2.46. The summed E-state index contributed by atoms with van der Waals surface area (Å²) < 4.78 is 39.7. The molecule has 1 aromatic rings. The highest BCUT2D eigenvalue weighted by atomic mass is 16.7. The van der Waals surface area contributed by atoms with Crippen molar-refractivity contribution in [1.29, 1.82) is 0 Å². The van der Waals surface area contributed by atoms with Crippen LogP contribution in [0.1, 0.15) is 16.8 Å². The average molecular weight is 605 g/mol. The van der Waals surface area contributed by atoms with Crippen molar-refractivity contribution in [3.05, 3.63) is 35.9 Å². The molecule has 0 bridgehead atoms. The fourth-order valence-electron chi connectivity index (χ4n) is 4.94. The number of ether oxygens (including phenoxy) is 7. The Morgan fingerprint density at radius 1 is 0.833 bits per heavy atom. The summed E-state index contributed by atoms with van der Waals surface area (Å²) in [7, 11) is 0. The van der Waals surface area contributed by atoms with Gasteiger partial charge < -0.3 is 68.9 Å². The highest BCUT2D eigenvalue weighted by molar-refractivity contribution is 5.89. The maximum absolute atomic E-state index is 13.0. The zero-order valence-corrected chi connectivity index (χ0v) is 22.4. The van der Waals surface area contributed by atoms with Gasteiger partial charge in [0.15, 0.2) is 18.7 Å². The second-order valence-corrected chi connectivity index (χ2v) is 10.0. The Morgan fingerprint density at radius 3 is 2.21 bits per heavy atom. The predicted molar refractivity (Wildman–Crippen MR) is 134 cm³/mol. The van der Waals surface area contributed by atoms with Crippen LogP contribution in [-0.2, 0) is 38.0 Å². The minimum Gasteiger partial charge on any atom is -0.480 e. The number of carbonyl (C=O) groups excluding carboxylic acids is 1. The number of hydrogen-bond donors (Lipinski definition) is 7. The number of carboxylic acid groups (broad SMARTS) is 1. The molecule has 0 spiro atoms. The largest absolute Gasteiger partial charge is 0.480 e. The predicted octanol–water partition coefficient (Wildman–Crippen LogP) is -3.25. The van der Waals surface area contributed by atoms with Gasteiger partial charge in [-0.25, -0.2) is 9.59 Å². The fourth-order valence-corrected chi connectivity index (χ4v) is 4.94. The molecule has 16 heteroatoms. The molecule has 0 aromatic heterocycles. The highest BCUT2D eigenvalue weighted by Crippen LogP contribution is 2.32. The minimum absolute atomic E-state index is 0.0668. The number of hydrogen-bond acceptors (Lipinski definition) is 15. The molecular formula is C26H36O16. The molecule has 3 fully saturated rings. The van der Waals surface area contributed by atoms with Crippen LogP contribution in [0.3, 0.4) is 0 Å². The number of aliphatic carboxylic acids is 1. The fraction of sp³-hybridized carbons (Fsp3) is 0.692. The van der Waals surface area contributed by atoms with E-state index in [-0.39, 0.29) is 25.2 Å². The van der Waals surface area contributed by atoms with Gasteiger partial charge in [0.1, 0.15) is 55.4 Å². The lowest BCUT2D eigenvalue weighted by atomic mass is 9.97. The summed E-state index contributed by atoms with van der Waals surface area (Å²) in [5.41, 5.74) is 0.129. The highest BCUT2D eigenvalue weighted by Gasteiger charge is 2.52. The minimum atomic E-state index is -1.66. The maximum Gasteiger partial charge on any atom is 0.338 e. The Hall–Kier alpha value is -2.32. The average Bonchev–Trinajstić information content (AvgIpc) is 2.99. The molecule has 3 aliphatic heterocycles. The molecule has 0 radical (unpaired) electrons. The van der Waals surface area contributed by atoms with E-state index >= 15 is 0 Å². The number of aliphatic hydroxyl groups is 6. The Labute approximate surface area is 239 Å². The number of esters is 1. The molecule has 0 amide bonds. The third kappa shape index (κ3) is 7.60. The van der Waals surface area contributed by atoms with Gasteiger partial charge in [0.2, 0.25) is 0 Å². The third-order valence-electron chi connectivity index (χ3n) is 7.15. The van der Waals surface area contributed by atoms with E-state index in [0.29, 0.717) is 0 Å². The van der Waals surface area contributed by atoms with E-state index in [1.165, 1.54) is 12.1 Å². The van der Waals surface area contributed by atoms with Crippen LogP contribution in [0.4, 0.5) is 0 Å². The summed E-state index contributed by atoms with van der Waals surface area (Å²) in [5, 5.41) is 70.0. The van der Waals surface area contributed by atoms with Crippen LogP contribution >= 0.6 is 0 Å². The van der Waals surface area contributed by atoms with Crippen LogP contribution < -0.4 is 0 Å².